The smallest absolute Gasteiger partial charge is 0.242 e. The van der Waals surface area contributed by atoms with Crippen LogP contribution in [0.5, 0.6) is 5.75 Å². The highest BCUT2D eigenvalue weighted by Crippen LogP contribution is 2.36. The molecular weight excluding hydrogens is 404 g/mol. The third kappa shape index (κ3) is 5.31. The van der Waals surface area contributed by atoms with E-state index in [0.717, 1.165) is 44.8 Å². The van der Waals surface area contributed by atoms with Gasteiger partial charge in [0.25, 0.3) is 0 Å². The molecule has 2 aromatic rings. The summed E-state index contributed by atoms with van der Waals surface area (Å²) in [4.78, 5) is 33.4. The van der Waals surface area contributed by atoms with Crippen LogP contribution in [-0.2, 0) is 16.1 Å². The van der Waals surface area contributed by atoms with E-state index in [1.165, 1.54) is 0 Å². The highest BCUT2D eigenvalue weighted by Gasteiger charge is 2.41. The van der Waals surface area contributed by atoms with Gasteiger partial charge in [-0.1, -0.05) is 32.0 Å². The number of imidazole rings is 1. The van der Waals surface area contributed by atoms with Gasteiger partial charge in [-0.15, -0.1) is 0 Å². The molecule has 1 aromatic heterocycles. The van der Waals surface area contributed by atoms with E-state index in [4.69, 9.17) is 4.74 Å². The van der Waals surface area contributed by atoms with Crippen molar-refractivity contribution < 1.29 is 14.3 Å². The highest BCUT2D eigenvalue weighted by molar-refractivity contribution is 5.78. The van der Waals surface area contributed by atoms with Crippen molar-refractivity contribution in [3.8, 4) is 5.75 Å². The van der Waals surface area contributed by atoms with E-state index in [-0.39, 0.29) is 17.7 Å². The summed E-state index contributed by atoms with van der Waals surface area (Å²) in [6.07, 6.45) is 7.19. The second kappa shape index (κ2) is 10.2. The molecule has 0 spiro atoms. The van der Waals surface area contributed by atoms with Crippen LogP contribution in [0.25, 0.3) is 0 Å². The minimum Gasteiger partial charge on any atom is -0.493 e. The fourth-order valence-electron chi connectivity index (χ4n) is 5.08. The number of piperidine rings is 1. The van der Waals surface area contributed by atoms with Crippen LogP contribution in [0.15, 0.2) is 49.1 Å². The van der Waals surface area contributed by atoms with Gasteiger partial charge in [-0.05, 0) is 36.8 Å². The molecule has 0 N–H and O–H groups in total. The zero-order chi connectivity index (χ0) is 22.5. The summed E-state index contributed by atoms with van der Waals surface area (Å²) in [6.45, 7) is 7.96. The lowest BCUT2D eigenvalue weighted by molar-refractivity contribution is -0.136. The molecule has 172 valence electrons. The number of nitrogens with zero attached hydrogens (tertiary/aromatic N) is 4. The number of carbonyl (C=O) groups is 2. The quantitative estimate of drug-likeness (QED) is 0.667. The first-order valence-corrected chi connectivity index (χ1v) is 11.7. The summed E-state index contributed by atoms with van der Waals surface area (Å²) in [5.74, 6) is 2.47. The van der Waals surface area contributed by atoms with Crippen molar-refractivity contribution in [2.45, 2.75) is 33.2 Å². The van der Waals surface area contributed by atoms with Crippen LogP contribution >= 0.6 is 0 Å². The molecule has 4 rings (SSSR count). The van der Waals surface area contributed by atoms with Gasteiger partial charge in [-0.2, -0.15) is 0 Å². The molecule has 0 bridgehead atoms. The molecule has 3 heterocycles. The standard InChI is InChI=1S/C25H34N4O3/c1-19(2)25(31)28-11-8-20(9-12-28)23-15-29(24(30)16-27-13-10-26-18-27)14-21(23)17-32-22-6-4-3-5-7-22/h3-7,10,13,18-21,23H,8-9,11-12,14-17H2,1-2H3/t21-,23-/m0/s1. The van der Waals surface area contributed by atoms with Crippen LogP contribution in [0.1, 0.15) is 26.7 Å². The molecule has 0 unspecified atom stereocenters. The third-order valence-corrected chi connectivity index (χ3v) is 6.88. The first-order chi connectivity index (χ1) is 15.5. The average molecular weight is 439 g/mol. The number of likely N-dealkylation sites (tertiary alicyclic amines) is 2. The Labute approximate surface area is 190 Å². The number of para-hydroxylation sites is 1. The molecule has 0 aliphatic carbocycles. The molecule has 2 amide bonds. The normalized spacial score (nSPS) is 21.8. The first-order valence-electron chi connectivity index (χ1n) is 11.7. The molecule has 2 saturated heterocycles. The van der Waals surface area contributed by atoms with Crippen molar-refractivity contribution in [1.82, 2.24) is 19.4 Å². The van der Waals surface area contributed by atoms with Crippen molar-refractivity contribution in [2.24, 2.45) is 23.7 Å². The predicted molar refractivity (Wildman–Crippen MR) is 122 cm³/mol. The Morgan fingerprint density at radius 3 is 2.50 bits per heavy atom. The van der Waals surface area contributed by atoms with E-state index in [1.54, 1.807) is 12.5 Å². The number of aromatic nitrogens is 2. The van der Waals surface area contributed by atoms with Gasteiger partial charge in [0, 0.05) is 50.4 Å². The van der Waals surface area contributed by atoms with Gasteiger partial charge in [0.05, 0.1) is 12.9 Å². The van der Waals surface area contributed by atoms with E-state index in [1.807, 2.05) is 64.7 Å². The summed E-state index contributed by atoms with van der Waals surface area (Å²) in [6, 6.07) is 9.88. The zero-order valence-corrected chi connectivity index (χ0v) is 19.1. The Morgan fingerprint density at radius 2 is 1.84 bits per heavy atom. The predicted octanol–water partition coefficient (Wildman–Crippen LogP) is 2.93. The topological polar surface area (TPSA) is 67.7 Å². The van der Waals surface area contributed by atoms with E-state index in [9.17, 15) is 9.59 Å². The molecule has 2 atom stereocenters. The maximum atomic E-state index is 13.0. The van der Waals surface area contributed by atoms with Crippen LogP contribution in [0.2, 0.25) is 0 Å². The summed E-state index contributed by atoms with van der Waals surface area (Å²) >= 11 is 0. The van der Waals surface area contributed by atoms with Gasteiger partial charge >= 0.3 is 0 Å². The third-order valence-electron chi connectivity index (χ3n) is 6.88. The van der Waals surface area contributed by atoms with Gasteiger partial charge in [0.1, 0.15) is 12.3 Å². The molecular formula is C25H34N4O3. The Hall–Kier alpha value is -2.83. The van der Waals surface area contributed by atoms with Crippen LogP contribution in [-0.4, -0.2) is 64.0 Å². The Kier molecular flexibility index (Phi) is 7.12. The van der Waals surface area contributed by atoms with E-state index < -0.39 is 0 Å². The van der Waals surface area contributed by atoms with Gasteiger partial charge in [-0.25, -0.2) is 4.98 Å². The number of benzene rings is 1. The van der Waals surface area contributed by atoms with Crippen molar-refractivity contribution in [1.29, 1.82) is 0 Å². The van der Waals surface area contributed by atoms with Crippen molar-refractivity contribution in [3.05, 3.63) is 49.1 Å². The fraction of sp³-hybridized carbons (Fsp3) is 0.560. The number of amides is 2. The monoisotopic (exact) mass is 438 g/mol. The molecule has 7 nitrogen and oxygen atoms in total. The number of hydrogen-bond acceptors (Lipinski definition) is 4. The first kappa shape index (κ1) is 22.4. The lowest BCUT2D eigenvalue weighted by Crippen LogP contribution is -2.43. The number of carbonyl (C=O) groups excluding carboxylic acids is 2. The Balaban J connectivity index is 1.41. The lowest BCUT2D eigenvalue weighted by atomic mass is 9.78. The molecule has 2 aliphatic rings. The van der Waals surface area contributed by atoms with E-state index >= 15 is 0 Å². The molecule has 7 heteroatoms. The molecule has 0 radical (unpaired) electrons. The molecule has 0 saturated carbocycles. The Morgan fingerprint density at radius 1 is 1.09 bits per heavy atom. The van der Waals surface area contributed by atoms with Crippen molar-refractivity contribution in [2.75, 3.05) is 32.8 Å². The summed E-state index contributed by atoms with van der Waals surface area (Å²) in [5.41, 5.74) is 0. The maximum Gasteiger partial charge on any atom is 0.242 e. The summed E-state index contributed by atoms with van der Waals surface area (Å²) < 4.78 is 7.94. The molecule has 2 aliphatic heterocycles. The van der Waals surface area contributed by atoms with Gasteiger partial charge in [0.2, 0.25) is 11.8 Å². The van der Waals surface area contributed by atoms with E-state index in [2.05, 4.69) is 4.98 Å². The van der Waals surface area contributed by atoms with Gasteiger partial charge < -0.3 is 19.1 Å². The summed E-state index contributed by atoms with van der Waals surface area (Å²) in [7, 11) is 0. The van der Waals surface area contributed by atoms with Crippen LogP contribution in [0.4, 0.5) is 0 Å². The van der Waals surface area contributed by atoms with Crippen LogP contribution < -0.4 is 4.74 Å². The minimum absolute atomic E-state index is 0.0429. The summed E-state index contributed by atoms with van der Waals surface area (Å²) in [5, 5.41) is 0. The second-order valence-electron chi connectivity index (χ2n) is 9.40. The van der Waals surface area contributed by atoms with Gasteiger partial charge in [0.15, 0.2) is 0 Å². The second-order valence-corrected chi connectivity index (χ2v) is 9.40. The highest BCUT2D eigenvalue weighted by atomic mass is 16.5. The van der Waals surface area contributed by atoms with E-state index in [0.29, 0.717) is 30.9 Å². The minimum atomic E-state index is 0.0429. The SMILES string of the molecule is CC(C)C(=O)N1CCC([C@@H]2CN(C(=O)Cn3ccnc3)C[C@H]2COc2ccccc2)CC1. The molecule has 32 heavy (non-hydrogen) atoms. The van der Waals surface area contributed by atoms with Crippen LogP contribution in [0, 0.1) is 23.7 Å². The zero-order valence-electron chi connectivity index (χ0n) is 19.1. The Bertz CT molecular complexity index is 876. The van der Waals surface area contributed by atoms with Gasteiger partial charge in [-0.3, -0.25) is 9.59 Å². The van der Waals surface area contributed by atoms with Crippen LogP contribution in [0.3, 0.4) is 0 Å². The maximum absolute atomic E-state index is 13.0. The van der Waals surface area contributed by atoms with Crippen molar-refractivity contribution >= 4 is 11.8 Å². The lowest BCUT2D eigenvalue weighted by Gasteiger charge is -2.37. The largest absolute Gasteiger partial charge is 0.493 e. The van der Waals surface area contributed by atoms with Crippen molar-refractivity contribution in [3.63, 3.8) is 0 Å². The average Bonchev–Trinajstić information content (AvgIpc) is 3.48. The fourth-order valence-corrected chi connectivity index (χ4v) is 5.08. The number of ether oxygens (including phenoxy) is 1. The number of hydrogen-bond donors (Lipinski definition) is 0. The molecule has 1 aromatic carbocycles. The number of rotatable bonds is 7. The molecule has 2 fully saturated rings.